The zero-order valence-electron chi connectivity index (χ0n) is 16.3. The number of aromatic nitrogens is 1. The van der Waals surface area contributed by atoms with Crippen molar-refractivity contribution in [1.29, 1.82) is 5.26 Å². The van der Waals surface area contributed by atoms with Crippen molar-refractivity contribution in [2.24, 2.45) is 0 Å². The Balaban J connectivity index is 1.88. The molecule has 0 saturated carbocycles. The summed E-state index contributed by atoms with van der Waals surface area (Å²) in [6.45, 7) is 0. The van der Waals surface area contributed by atoms with E-state index in [2.05, 4.69) is 16.4 Å². The molecule has 0 saturated heterocycles. The van der Waals surface area contributed by atoms with Gasteiger partial charge in [-0.1, -0.05) is 60.7 Å². The molecule has 30 heavy (non-hydrogen) atoms. The van der Waals surface area contributed by atoms with Gasteiger partial charge in [0.15, 0.2) is 9.84 Å². The normalized spacial score (nSPS) is 12.3. The Morgan fingerprint density at radius 3 is 2.33 bits per heavy atom. The first-order valence-electron chi connectivity index (χ1n) is 9.37. The highest BCUT2D eigenvalue weighted by molar-refractivity contribution is 7.90. The number of benzene rings is 3. The highest BCUT2D eigenvalue weighted by atomic mass is 32.2. The topological polar surface area (TPSA) is 82.9 Å². The second kappa shape index (κ2) is 7.97. The van der Waals surface area contributed by atoms with E-state index < -0.39 is 9.84 Å². The minimum atomic E-state index is -3.34. The van der Waals surface area contributed by atoms with Crippen LogP contribution in [-0.4, -0.2) is 19.7 Å². The molecule has 6 heteroatoms. The standard InChI is InChI=1S/C24H19N3O2S/c1-30(28,29)20-11-7-10-18(14-20)24(17-8-3-2-4-9-17)27-23-15-19(16-25)26-22-13-6-5-12-21(22)23/h2-15,24H,1H3,(H,26,27). The summed E-state index contributed by atoms with van der Waals surface area (Å²) in [7, 11) is -3.34. The average Bonchev–Trinajstić information content (AvgIpc) is 2.77. The summed E-state index contributed by atoms with van der Waals surface area (Å²) in [4.78, 5) is 4.64. The van der Waals surface area contributed by atoms with Gasteiger partial charge in [-0.15, -0.1) is 0 Å². The van der Waals surface area contributed by atoms with Crippen LogP contribution in [0.4, 0.5) is 5.69 Å². The van der Waals surface area contributed by atoms with Gasteiger partial charge in [-0.05, 0) is 35.4 Å². The third kappa shape index (κ3) is 4.02. The van der Waals surface area contributed by atoms with Gasteiger partial charge in [0, 0.05) is 17.3 Å². The van der Waals surface area contributed by atoms with Crippen molar-refractivity contribution in [3.8, 4) is 6.07 Å². The first-order chi connectivity index (χ1) is 14.5. The van der Waals surface area contributed by atoms with E-state index in [1.165, 1.54) is 6.26 Å². The van der Waals surface area contributed by atoms with E-state index in [-0.39, 0.29) is 10.9 Å². The zero-order valence-corrected chi connectivity index (χ0v) is 17.1. The van der Waals surface area contributed by atoms with Crippen LogP contribution in [0.3, 0.4) is 0 Å². The van der Waals surface area contributed by atoms with Gasteiger partial charge in [0.05, 0.1) is 16.5 Å². The van der Waals surface area contributed by atoms with Crippen LogP contribution in [0.5, 0.6) is 0 Å². The molecule has 1 atom stereocenters. The van der Waals surface area contributed by atoms with Gasteiger partial charge in [0.1, 0.15) is 11.8 Å². The van der Waals surface area contributed by atoms with Crippen LogP contribution in [-0.2, 0) is 9.84 Å². The molecule has 0 radical (unpaired) electrons. The predicted molar refractivity (Wildman–Crippen MR) is 118 cm³/mol. The Labute approximate surface area is 175 Å². The van der Waals surface area contributed by atoms with Crippen molar-refractivity contribution in [2.75, 3.05) is 11.6 Å². The van der Waals surface area contributed by atoms with Crippen LogP contribution >= 0.6 is 0 Å². The number of fused-ring (bicyclic) bond motifs is 1. The van der Waals surface area contributed by atoms with Gasteiger partial charge >= 0.3 is 0 Å². The molecule has 0 aliphatic carbocycles. The number of nitriles is 1. The van der Waals surface area contributed by atoms with Gasteiger partial charge in [0.25, 0.3) is 0 Å². The molecule has 1 N–H and O–H groups in total. The minimum absolute atomic E-state index is 0.264. The fraction of sp³-hybridized carbons (Fsp3) is 0.0833. The number of anilines is 1. The van der Waals surface area contributed by atoms with Crippen LogP contribution in [0, 0.1) is 11.3 Å². The summed E-state index contributed by atoms with van der Waals surface area (Å²) in [6, 6.07) is 27.8. The largest absolute Gasteiger partial charge is 0.374 e. The van der Waals surface area contributed by atoms with Crippen LogP contribution in [0.15, 0.2) is 89.8 Å². The number of para-hydroxylation sites is 1. The molecule has 0 aliphatic rings. The Morgan fingerprint density at radius 2 is 1.60 bits per heavy atom. The van der Waals surface area contributed by atoms with E-state index in [0.717, 1.165) is 27.7 Å². The van der Waals surface area contributed by atoms with Crippen molar-refractivity contribution < 1.29 is 8.42 Å². The molecule has 0 fully saturated rings. The summed E-state index contributed by atoms with van der Waals surface area (Å²) in [5, 5.41) is 13.8. The van der Waals surface area contributed by atoms with E-state index in [4.69, 9.17) is 0 Å². The number of sulfone groups is 1. The number of pyridine rings is 1. The maximum Gasteiger partial charge on any atom is 0.175 e. The SMILES string of the molecule is CS(=O)(=O)c1cccc(C(Nc2cc(C#N)nc3ccccc23)c2ccccc2)c1. The van der Waals surface area contributed by atoms with Gasteiger partial charge in [-0.3, -0.25) is 0 Å². The van der Waals surface area contributed by atoms with Crippen LogP contribution in [0.25, 0.3) is 10.9 Å². The van der Waals surface area contributed by atoms with E-state index in [9.17, 15) is 13.7 Å². The number of hydrogen-bond acceptors (Lipinski definition) is 5. The molecule has 0 bridgehead atoms. The summed E-state index contributed by atoms with van der Waals surface area (Å²) in [6.07, 6.45) is 1.20. The third-order valence-corrected chi connectivity index (χ3v) is 5.99. The highest BCUT2D eigenvalue weighted by Crippen LogP contribution is 2.32. The van der Waals surface area contributed by atoms with E-state index in [1.54, 1.807) is 24.3 Å². The summed E-state index contributed by atoms with van der Waals surface area (Å²) >= 11 is 0. The van der Waals surface area contributed by atoms with Crippen molar-refractivity contribution in [2.45, 2.75) is 10.9 Å². The van der Waals surface area contributed by atoms with E-state index >= 15 is 0 Å². The minimum Gasteiger partial charge on any atom is -0.374 e. The molecule has 1 heterocycles. The Hall–Kier alpha value is -3.69. The van der Waals surface area contributed by atoms with Crippen molar-refractivity contribution >= 4 is 26.4 Å². The molecule has 0 amide bonds. The van der Waals surface area contributed by atoms with Crippen molar-refractivity contribution in [3.63, 3.8) is 0 Å². The Kier molecular flexibility index (Phi) is 5.21. The van der Waals surface area contributed by atoms with Crippen LogP contribution in [0.1, 0.15) is 22.9 Å². The zero-order chi connectivity index (χ0) is 21.1. The first-order valence-corrected chi connectivity index (χ1v) is 11.3. The van der Waals surface area contributed by atoms with Crippen molar-refractivity contribution in [3.05, 3.63) is 102 Å². The van der Waals surface area contributed by atoms with Crippen molar-refractivity contribution in [1.82, 2.24) is 4.98 Å². The average molecular weight is 414 g/mol. The first kappa shape index (κ1) is 19.6. The highest BCUT2D eigenvalue weighted by Gasteiger charge is 2.18. The smallest absolute Gasteiger partial charge is 0.175 e. The summed E-state index contributed by atoms with van der Waals surface area (Å²) < 4.78 is 24.2. The number of rotatable bonds is 5. The molecule has 1 aromatic heterocycles. The predicted octanol–water partition coefficient (Wildman–Crippen LogP) is 4.71. The van der Waals surface area contributed by atoms with Gasteiger partial charge in [-0.2, -0.15) is 5.26 Å². The lowest BCUT2D eigenvalue weighted by atomic mass is 9.98. The second-order valence-electron chi connectivity index (χ2n) is 7.02. The molecule has 0 aliphatic heterocycles. The van der Waals surface area contributed by atoms with Crippen LogP contribution in [0.2, 0.25) is 0 Å². The molecular formula is C24H19N3O2S. The third-order valence-electron chi connectivity index (χ3n) is 4.88. The fourth-order valence-electron chi connectivity index (χ4n) is 3.44. The number of nitrogens with one attached hydrogen (secondary N) is 1. The number of hydrogen-bond donors (Lipinski definition) is 1. The maximum absolute atomic E-state index is 12.1. The molecule has 3 aromatic carbocycles. The lowest BCUT2D eigenvalue weighted by Gasteiger charge is -2.22. The second-order valence-corrected chi connectivity index (χ2v) is 9.03. The fourth-order valence-corrected chi connectivity index (χ4v) is 4.11. The van der Waals surface area contributed by atoms with Gasteiger partial charge in [0.2, 0.25) is 0 Å². The molecule has 5 nitrogen and oxygen atoms in total. The van der Waals surface area contributed by atoms with Gasteiger partial charge in [-0.25, -0.2) is 13.4 Å². The quantitative estimate of drug-likeness (QED) is 0.512. The molecule has 1 unspecified atom stereocenters. The molecule has 148 valence electrons. The summed E-state index contributed by atoms with van der Waals surface area (Å²) in [5.41, 5.74) is 3.57. The monoisotopic (exact) mass is 413 g/mol. The van der Waals surface area contributed by atoms with Crippen LogP contribution < -0.4 is 5.32 Å². The maximum atomic E-state index is 12.1. The van der Waals surface area contributed by atoms with E-state index in [0.29, 0.717) is 5.69 Å². The molecule has 4 rings (SSSR count). The lowest BCUT2D eigenvalue weighted by molar-refractivity contribution is 0.601. The Bertz CT molecular complexity index is 1360. The number of nitrogens with zero attached hydrogens (tertiary/aromatic N) is 2. The molecular weight excluding hydrogens is 394 g/mol. The molecule has 4 aromatic rings. The summed E-state index contributed by atoms with van der Waals surface area (Å²) in [5.74, 6) is 0. The Morgan fingerprint density at radius 1 is 0.900 bits per heavy atom. The van der Waals surface area contributed by atoms with E-state index in [1.807, 2.05) is 60.7 Å². The van der Waals surface area contributed by atoms with Gasteiger partial charge < -0.3 is 5.32 Å². The molecule has 0 spiro atoms. The lowest BCUT2D eigenvalue weighted by Crippen LogP contribution is -2.14.